The van der Waals surface area contributed by atoms with Crippen LogP contribution in [0.3, 0.4) is 0 Å². The van der Waals surface area contributed by atoms with E-state index in [-0.39, 0.29) is 0 Å². The van der Waals surface area contributed by atoms with E-state index in [1.165, 1.54) is 0 Å². The summed E-state index contributed by atoms with van der Waals surface area (Å²) < 4.78 is 5.39. The number of ether oxygens (including phenoxy) is 1. The molecule has 0 aromatic carbocycles. The van der Waals surface area contributed by atoms with E-state index in [2.05, 4.69) is 19.9 Å². The summed E-state index contributed by atoms with van der Waals surface area (Å²) >= 11 is 0. The van der Waals surface area contributed by atoms with Gasteiger partial charge in [0.2, 0.25) is 0 Å². The third-order valence-electron chi connectivity index (χ3n) is 1.22. The van der Waals surface area contributed by atoms with Crippen molar-refractivity contribution >= 4 is 0 Å². The van der Waals surface area contributed by atoms with Crippen LogP contribution in [0.4, 0.5) is 0 Å². The Morgan fingerprint density at radius 1 is 1.50 bits per heavy atom. The number of hydrogen-bond donors (Lipinski definition) is 1. The van der Waals surface area contributed by atoms with Crippen LogP contribution in [0.15, 0.2) is 24.0 Å². The summed E-state index contributed by atoms with van der Waals surface area (Å²) in [6, 6.07) is 0. The number of rotatable bonds is 5. The van der Waals surface area contributed by atoms with E-state index in [9.17, 15) is 0 Å². The van der Waals surface area contributed by atoms with Gasteiger partial charge in [-0.15, -0.1) is 0 Å². The molecule has 0 spiro atoms. The van der Waals surface area contributed by atoms with Gasteiger partial charge in [-0.2, -0.15) is 0 Å². The molecule has 0 aliphatic heterocycles. The maximum Gasteiger partial charge on any atom is 0.115 e. The predicted molar refractivity (Wildman–Crippen MR) is 52.7 cm³/mol. The highest BCUT2D eigenvalue weighted by Crippen LogP contribution is 2.05. The molecule has 0 unspecified atom stereocenters. The molecule has 0 radical (unpaired) electrons. The van der Waals surface area contributed by atoms with Crippen molar-refractivity contribution in [3.8, 4) is 0 Å². The van der Waals surface area contributed by atoms with Gasteiger partial charge in [-0.05, 0) is 25.0 Å². The molecule has 70 valence electrons. The first-order valence-corrected chi connectivity index (χ1v) is 4.38. The van der Waals surface area contributed by atoms with Gasteiger partial charge in [0.05, 0.1) is 0 Å². The maximum atomic E-state index is 5.39. The van der Waals surface area contributed by atoms with Crippen LogP contribution in [-0.4, -0.2) is 13.2 Å². The molecule has 0 fully saturated rings. The van der Waals surface area contributed by atoms with Gasteiger partial charge >= 0.3 is 0 Å². The van der Waals surface area contributed by atoms with Crippen molar-refractivity contribution < 1.29 is 4.74 Å². The summed E-state index contributed by atoms with van der Waals surface area (Å²) in [6.07, 6.45) is 6.00. The van der Waals surface area contributed by atoms with Crippen LogP contribution in [0.1, 0.15) is 20.8 Å². The van der Waals surface area contributed by atoms with E-state index >= 15 is 0 Å². The summed E-state index contributed by atoms with van der Waals surface area (Å²) in [7, 11) is 0. The molecule has 0 bridgehead atoms. The van der Waals surface area contributed by atoms with E-state index in [0.717, 1.165) is 5.76 Å². The monoisotopic (exact) mass is 169 g/mol. The van der Waals surface area contributed by atoms with Crippen LogP contribution >= 0.6 is 0 Å². The molecule has 0 rings (SSSR count). The average Bonchev–Trinajstić information content (AvgIpc) is 2.00. The lowest BCUT2D eigenvalue weighted by molar-refractivity contribution is 0.231. The summed E-state index contributed by atoms with van der Waals surface area (Å²) in [6.45, 7) is 7.36. The van der Waals surface area contributed by atoms with Crippen molar-refractivity contribution in [3.05, 3.63) is 24.0 Å². The first-order valence-electron chi connectivity index (χ1n) is 4.38. The molecule has 0 aliphatic rings. The van der Waals surface area contributed by atoms with E-state index < -0.39 is 0 Å². The minimum Gasteiger partial charge on any atom is -0.493 e. The van der Waals surface area contributed by atoms with Crippen LogP contribution in [0, 0.1) is 5.92 Å². The topological polar surface area (TPSA) is 35.2 Å². The molecule has 0 aromatic heterocycles. The van der Waals surface area contributed by atoms with Crippen molar-refractivity contribution in [2.24, 2.45) is 11.7 Å². The van der Waals surface area contributed by atoms with Gasteiger partial charge in [-0.3, -0.25) is 0 Å². The Morgan fingerprint density at radius 3 is 2.58 bits per heavy atom. The molecule has 2 heteroatoms. The summed E-state index contributed by atoms with van der Waals surface area (Å²) in [5.74, 6) is 1.42. The fraction of sp³-hybridized carbons (Fsp3) is 0.600. The Morgan fingerprint density at radius 2 is 2.17 bits per heavy atom. The molecular formula is C10H19NO. The fourth-order valence-corrected chi connectivity index (χ4v) is 0.821. The molecule has 0 atom stereocenters. The average molecular weight is 169 g/mol. The molecule has 0 amide bonds. The summed E-state index contributed by atoms with van der Waals surface area (Å²) in [5.41, 5.74) is 5.33. The second kappa shape index (κ2) is 6.92. The zero-order chi connectivity index (χ0) is 9.40. The van der Waals surface area contributed by atoms with Crippen molar-refractivity contribution in [2.75, 3.05) is 13.2 Å². The molecule has 0 heterocycles. The summed E-state index contributed by atoms with van der Waals surface area (Å²) in [4.78, 5) is 0. The second-order valence-corrected chi connectivity index (χ2v) is 2.95. The lowest BCUT2D eigenvalue weighted by atomic mass is 10.2. The molecule has 0 saturated heterocycles. The molecular weight excluding hydrogens is 150 g/mol. The Hall–Kier alpha value is -0.760. The largest absolute Gasteiger partial charge is 0.493 e. The lowest BCUT2D eigenvalue weighted by Crippen LogP contribution is -2.07. The van der Waals surface area contributed by atoms with Gasteiger partial charge in [0.25, 0.3) is 0 Å². The normalized spacial score (nSPS) is 12.9. The Bertz CT molecular complexity index is 159. The van der Waals surface area contributed by atoms with Gasteiger partial charge in [0.1, 0.15) is 12.4 Å². The predicted octanol–water partition coefficient (Wildman–Crippen LogP) is 2.08. The van der Waals surface area contributed by atoms with E-state index in [1.54, 1.807) is 0 Å². The highest BCUT2D eigenvalue weighted by Gasteiger charge is 1.93. The van der Waals surface area contributed by atoms with Gasteiger partial charge < -0.3 is 10.5 Å². The maximum absolute atomic E-state index is 5.39. The van der Waals surface area contributed by atoms with Crippen LogP contribution < -0.4 is 5.73 Å². The smallest absolute Gasteiger partial charge is 0.115 e. The van der Waals surface area contributed by atoms with E-state index in [0.29, 0.717) is 19.1 Å². The summed E-state index contributed by atoms with van der Waals surface area (Å²) in [5, 5.41) is 0. The van der Waals surface area contributed by atoms with Gasteiger partial charge in [0, 0.05) is 6.54 Å². The van der Waals surface area contributed by atoms with Gasteiger partial charge in [-0.1, -0.05) is 19.9 Å². The molecule has 0 aliphatic carbocycles. The SMILES string of the molecule is C/C=C\C(=C/C(C)C)OCCN. The zero-order valence-electron chi connectivity index (χ0n) is 8.21. The van der Waals surface area contributed by atoms with Gasteiger partial charge in [-0.25, -0.2) is 0 Å². The van der Waals surface area contributed by atoms with Crippen molar-refractivity contribution in [1.82, 2.24) is 0 Å². The number of nitrogens with two attached hydrogens (primary N) is 1. The fourth-order valence-electron chi connectivity index (χ4n) is 0.821. The number of allylic oxidation sites excluding steroid dienone is 3. The Kier molecular flexibility index (Phi) is 6.48. The molecule has 0 saturated carbocycles. The Balaban J connectivity index is 4.03. The first-order chi connectivity index (χ1) is 5.70. The van der Waals surface area contributed by atoms with Crippen LogP contribution in [0.5, 0.6) is 0 Å². The molecule has 2 N–H and O–H groups in total. The highest BCUT2D eigenvalue weighted by atomic mass is 16.5. The van der Waals surface area contributed by atoms with Crippen LogP contribution in [-0.2, 0) is 4.74 Å². The zero-order valence-corrected chi connectivity index (χ0v) is 8.21. The van der Waals surface area contributed by atoms with E-state index in [4.69, 9.17) is 10.5 Å². The van der Waals surface area contributed by atoms with Crippen LogP contribution in [0.25, 0.3) is 0 Å². The standard InChI is InChI=1S/C10H19NO/c1-4-5-10(8-9(2)3)12-7-6-11/h4-5,8-9H,6-7,11H2,1-3H3/b5-4-,10-8+. The lowest BCUT2D eigenvalue weighted by Gasteiger charge is -2.06. The molecule has 12 heavy (non-hydrogen) atoms. The minimum absolute atomic E-state index is 0.508. The van der Waals surface area contributed by atoms with Crippen molar-refractivity contribution in [2.45, 2.75) is 20.8 Å². The minimum atomic E-state index is 0.508. The first kappa shape index (κ1) is 11.2. The molecule has 2 nitrogen and oxygen atoms in total. The Labute approximate surface area is 75.1 Å². The van der Waals surface area contributed by atoms with Crippen LogP contribution in [0.2, 0.25) is 0 Å². The van der Waals surface area contributed by atoms with E-state index in [1.807, 2.05) is 19.1 Å². The second-order valence-electron chi connectivity index (χ2n) is 2.95. The van der Waals surface area contributed by atoms with Crippen molar-refractivity contribution in [1.29, 1.82) is 0 Å². The van der Waals surface area contributed by atoms with Crippen molar-refractivity contribution in [3.63, 3.8) is 0 Å². The third-order valence-corrected chi connectivity index (χ3v) is 1.22. The van der Waals surface area contributed by atoms with Gasteiger partial charge in [0.15, 0.2) is 0 Å². The molecule has 0 aromatic rings. The highest BCUT2D eigenvalue weighted by molar-refractivity contribution is 5.11. The number of hydrogen-bond acceptors (Lipinski definition) is 2. The third kappa shape index (κ3) is 5.98. The quantitative estimate of drug-likeness (QED) is 0.505.